The maximum atomic E-state index is 11.9. The van der Waals surface area contributed by atoms with E-state index in [0.717, 1.165) is 11.3 Å². The van der Waals surface area contributed by atoms with Crippen LogP contribution < -0.4 is 10.6 Å². The van der Waals surface area contributed by atoms with Crippen molar-refractivity contribution in [3.8, 4) is 5.75 Å². The Labute approximate surface area is 117 Å². The van der Waals surface area contributed by atoms with Gasteiger partial charge in [0.1, 0.15) is 11.5 Å². The number of carbonyl (C=O) groups is 1. The lowest BCUT2D eigenvalue weighted by molar-refractivity contribution is -0.123. The largest absolute Gasteiger partial charge is 0.508 e. The fourth-order valence-electron chi connectivity index (χ4n) is 1.77. The normalized spacial score (nSPS) is 12.1. The summed E-state index contributed by atoms with van der Waals surface area (Å²) < 4.78 is 5.14. The van der Waals surface area contributed by atoms with Crippen LogP contribution in [-0.2, 0) is 17.9 Å². The summed E-state index contributed by atoms with van der Waals surface area (Å²) in [5, 5.41) is 15.3. The average Bonchev–Trinajstić information content (AvgIpc) is 2.95. The van der Waals surface area contributed by atoms with Crippen LogP contribution in [0.4, 0.5) is 0 Å². The molecule has 1 aromatic carbocycles. The lowest BCUT2D eigenvalue weighted by Gasteiger charge is -2.13. The van der Waals surface area contributed by atoms with Crippen molar-refractivity contribution < 1.29 is 14.3 Å². The smallest absolute Gasteiger partial charge is 0.237 e. The van der Waals surface area contributed by atoms with Crippen LogP contribution in [0.3, 0.4) is 0 Å². The zero-order valence-corrected chi connectivity index (χ0v) is 11.3. The second-order valence-corrected chi connectivity index (χ2v) is 4.57. The topological polar surface area (TPSA) is 74.5 Å². The highest BCUT2D eigenvalue weighted by molar-refractivity contribution is 5.81. The summed E-state index contributed by atoms with van der Waals surface area (Å²) in [6, 6.07) is 10.2. The fraction of sp³-hybridized carbons (Fsp3) is 0.267. The van der Waals surface area contributed by atoms with Crippen LogP contribution in [0.2, 0.25) is 0 Å². The van der Waals surface area contributed by atoms with Gasteiger partial charge in [-0.1, -0.05) is 12.1 Å². The Bertz CT molecular complexity index is 552. The highest BCUT2D eigenvalue weighted by Crippen LogP contribution is 2.10. The third-order valence-corrected chi connectivity index (χ3v) is 2.93. The number of amides is 1. The quantitative estimate of drug-likeness (QED) is 0.750. The molecule has 0 aliphatic rings. The van der Waals surface area contributed by atoms with E-state index in [-0.39, 0.29) is 17.7 Å². The van der Waals surface area contributed by atoms with Gasteiger partial charge in [-0.15, -0.1) is 0 Å². The minimum Gasteiger partial charge on any atom is -0.508 e. The van der Waals surface area contributed by atoms with Gasteiger partial charge in [-0.05, 0) is 36.8 Å². The van der Waals surface area contributed by atoms with Crippen molar-refractivity contribution >= 4 is 5.91 Å². The number of hydrogen-bond acceptors (Lipinski definition) is 4. The Balaban J connectivity index is 1.76. The number of phenols is 1. The lowest BCUT2D eigenvalue weighted by atomic mass is 10.2. The third kappa shape index (κ3) is 4.13. The first kappa shape index (κ1) is 14.1. The molecule has 0 aliphatic heterocycles. The molecule has 1 heterocycles. The van der Waals surface area contributed by atoms with E-state index in [1.165, 1.54) is 0 Å². The van der Waals surface area contributed by atoms with Crippen molar-refractivity contribution in [2.45, 2.75) is 26.1 Å². The van der Waals surface area contributed by atoms with Crippen LogP contribution in [0.5, 0.6) is 5.75 Å². The monoisotopic (exact) mass is 274 g/mol. The molecular formula is C15H18N2O3. The molecule has 0 bridgehead atoms. The number of furan rings is 1. The molecule has 0 fully saturated rings. The fourth-order valence-corrected chi connectivity index (χ4v) is 1.77. The van der Waals surface area contributed by atoms with E-state index >= 15 is 0 Å². The van der Waals surface area contributed by atoms with Gasteiger partial charge in [0.25, 0.3) is 0 Å². The van der Waals surface area contributed by atoms with Crippen molar-refractivity contribution in [3.63, 3.8) is 0 Å². The average molecular weight is 274 g/mol. The molecule has 1 aromatic heterocycles. The maximum absolute atomic E-state index is 11.9. The number of hydrogen-bond donors (Lipinski definition) is 3. The van der Waals surface area contributed by atoms with Crippen LogP contribution in [0.1, 0.15) is 18.2 Å². The Kier molecular flexibility index (Phi) is 4.79. The third-order valence-electron chi connectivity index (χ3n) is 2.93. The number of phenolic OH excluding ortho intramolecular Hbond substituents is 1. The zero-order chi connectivity index (χ0) is 14.4. The SMILES string of the molecule is CC(NCc1cccc(O)c1)C(=O)NCc1ccco1. The first-order chi connectivity index (χ1) is 9.65. The van der Waals surface area contributed by atoms with Gasteiger partial charge in [-0.25, -0.2) is 0 Å². The Morgan fingerprint density at radius 2 is 2.15 bits per heavy atom. The van der Waals surface area contributed by atoms with E-state index in [9.17, 15) is 9.90 Å². The van der Waals surface area contributed by atoms with Crippen LogP contribution in [0.15, 0.2) is 47.1 Å². The number of nitrogens with one attached hydrogen (secondary N) is 2. The van der Waals surface area contributed by atoms with E-state index in [0.29, 0.717) is 13.1 Å². The zero-order valence-electron chi connectivity index (χ0n) is 11.3. The number of rotatable bonds is 6. The molecule has 1 atom stereocenters. The summed E-state index contributed by atoms with van der Waals surface area (Å²) in [7, 11) is 0. The molecule has 2 aromatic rings. The standard InChI is InChI=1S/C15H18N2O3/c1-11(15(19)17-10-14-6-3-7-20-14)16-9-12-4-2-5-13(18)8-12/h2-8,11,16,18H,9-10H2,1H3,(H,17,19). The molecule has 20 heavy (non-hydrogen) atoms. The molecule has 1 amide bonds. The predicted molar refractivity (Wildman–Crippen MR) is 75.0 cm³/mol. The van der Waals surface area contributed by atoms with Crippen molar-refractivity contribution in [1.29, 1.82) is 0 Å². The van der Waals surface area contributed by atoms with Gasteiger partial charge < -0.3 is 20.2 Å². The van der Waals surface area contributed by atoms with Gasteiger partial charge >= 0.3 is 0 Å². The first-order valence-electron chi connectivity index (χ1n) is 6.46. The van der Waals surface area contributed by atoms with Gasteiger partial charge in [0, 0.05) is 6.54 Å². The molecule has 2 rings (SSSR count). The van der Waals surface area contributed by atoms with Gasteiger partial charge in [-0.3, -0.25) is 4.79 Å². The summed E-state index contributed by atoms with van der Waals surface area (Å²) >= 11 is 0. The molecule has 0 saturated heterocycles. The van der Waals surface area contributed by atoms with Gasteiger partial charge in [0.05, 0.1) is 18.8 Å². The van der Waals surface area contributed by atoms with E-state index in [1.54, 1.807) is 37.5 Å². The van der Waals surface area contributed by atoms with Crippen LogP contribution in [0, 0.1) is 0 Å². The predicted octanol–water partition coefficient (Wildman–Crippen LogP) is 1.78. The number of benzene rings is 1. The van der Waals surface area contributed by atoms with Gasteiger partial charge in [-0.2, -0.15) is 0 Å². The summed E-state index contributed by atoms with van der Waals surface area (Å²) in [6.07, 6.45) is 1.57. The van der Waals surface area contributed by atoms with E-state index in [1.807, 2.05) is 12.1 Å². The molecule has 0 spiro atoms. The highest BCUT2D eigenvalue weighted by atomic mass is 16.3. The molecule has 5 heteroatoms. The molecule has 0 aliphatic carbocycles. The van der Waals surface area contributed by atoms with Crippen molar-refractivity contribution in [2.75, 3.05) is 0 Å². The molecular weight excluding hydrogens is 256 g/mol. The summed E-state index contributed by atoms with van der Waals surface area (Å²) in [5.74, 6) is 0.847. The van der Waals surface area contributed by atoms with Crippen molar-refractivity contribution in [2.24, 2.45) is 0 Å². The minimum atomic E-state index is -0.327. The number of aromatic hydroxyl groups is 1. The second kappa shape index (κ2) is 6.77. The number of carbonyl (C=O) groups excluding carboxylic acids is 1. The molecule has 0 radical (unpaired) electrons. The minimum absolute atomic E-state index is 0.0958. The summed E-state index contributed by atoms with van der Waals surface area (Å²) in [5.41, 5.74) is 0.927. The van der Waals surface area contributed by atoms with Crippen LogP contribution >= 0.6 is 0 Å². The van der Waals surface area contributed by atoms with E-state index in [2.05, 4.69) is 10.6 Å². The van der Waals surface area contributed by atoms with Gasteiger partial charge in [0.15, 0.2) is 0 Å². The molecule has 5 nitrogen and oxygen atoms in total. The van der Waals surface area contributed by atoms with Gasteiger partial charge in [0.2, 0.25) is 5.91 Å². The summed E-state index contributed by atoms with van der Waals surface area (Å²) in [4.78, 5) is 11.9. The second-order valence-electron chi connectivity index (χ2n) is 4.57. The lowest BCUT2D eigenvalue weighted by Crippen LogP contribution is -2.41. The molecule has 1 unspecified atom stereocenters. The van der Waals surface area contributed by atoms with E-state index < -0.39 is 0 Å². The van der Waals surface area contributed by atoms with Crippen LogP contribution in [0.25, 0.3) is 0 Å². The van der Waals surface area contributed by atoms with Crippen LogP contribution in [-0.4, -0.2) is 17.1 Å². The Hall–Kier alpha value is -2.27. The highest BCUT2D eigenvalue weighted by Gasteiger charge is 2.12. The Morgan fingerprint density at radius 1 is 1.30 bits per heavy atom. The molecule has 0 saturated carbocycles. The van der Waals surface area contributed by atoms with Crippen molar-refractivity contribution in [3.05, 3.63) is 54.0 Å². The molecule has 3 N–H and O–H groups in total. The summed E-state index contributed by atoms with van der Waals surface area (Å²) in [6.45, 7) is 2.69. The van der Waals surface area contributed by atoms with E-state index in [4.69, 9.17) is 4.42 Å². The van der Waals surface area contributed by atoms with Crippen molar-refractivity contribution in [1.82, 2.24) is 10.6 Å². The molecule has 106 valence electrons. The Morgan fingerprint density at radius 3 is 2.85 bits per heavy atom. The first-order valence-corrected chi connectivity index (χ1v) is 6.46. The maximum Gasteiger partial charge on any atom is 0.237 e.